The van der Waals surface area contributed by atoms with E-state index >= 15 is 4.39 Å². The number of aliphatic hydroxyl groups excluding tert-OH is 1. The Morgan fingerprint density at radius 1 is 1.08 bits per heavy atom. The Kier molecular flexibility index (Phi) is 10.2. The molecular weight excluding hydrogens is 722 g/mol. The number of fused-ring (bicyclic) bond motifs is 2. The van der Waals surface area contributed by atoms with Crippen molar-refractivity contribution in [3.8, 4) is 5.75 Å². The lowest BCUT2D eigenvalue weighted by molar-refractivity contribution is -0.528. The third-order valence-corrected chi connectivity index (χ3v) is 10.1. The Hall–Kier alpha value is -5.15. The second-order valence-electron chi connectivity index (χ2n) is 12.4. The standard InChI is InChI=1S/C36H31Cl2FN4O9/c1-3-52-22-7-4-6-19(14-22)18-41-29(17-30(44)23-12-10-20(34(45)51-2)15-28(23)42(47)48)33(43(49)50)31(24-8-5-9-26(38)32(24)39)36(41)25-13-11-21(37)16-27(25)40-35(36)46/h4-16,29-31,33,44H,3,17-18H2,1-2H3,(H,40,46)/t29-,30?,31-,33+,36+/m0/s1. The summed E-state index contributed by atoms with van der Waals surface area (Å²) in [5.41, 5.74) is -2.16. The number of nitrogens with one attached hydrogen (secondary N) is 1. The number of methoxy groups -OCH3 is 1. The number of hydrogen-bond acceptors (Lipinski definition) is 10. The summed E-state index contributed by atoms with van der Waals surface area (Å²) < 4.78 is 26.6. The molecule has 0 bridgehead atoms. The molecule has 2 N–H and O–H groups in total. The number of amides is 1. The van der Waals surface area contributed by atoms with Gasteiger partial charge in [0.15, 0.2) is 0 Å². The molecule has 0 radical (unpaired) electrons. The number of halogens is 3. The summed E-state index contributed by atoms with van der Waals surface area (Å²) in [5, 5.41) is 40.1. The summed E-state index contributed by atoms with van der Waals surface area (Å²) in [6.45, 7) is 1.99. The van der Waals surface area contributed by atoms with Gasteiger partial charge in [0.05, 0.1) is 52.9 Å². The van der Waals surface area contributed by atoms with Gasteiger partial charge >= 0.3 is 5.97 Å². The van der Waals surface area contributed by atoms with E-state index < -0.39 is 69.3 Å². The van der Waals surface area contributed by atoms with Crippen LogP contribution in [-0.4, -0.2) is 57.5 Å². The molecule has 4 aromatic rings. The van der Waals surface area contributed by atoms with E-state index in [-0.39, 0.29) is 44.5 Å². The minimum atomic E-state index is -1.99. The van der Waals surface area contributed by atoms with Gasteiger partial charge in [-0.3, -0.25) is 29.9 Å². The van der Waals surface area contributed by atoms with Crippen LogP contribution in [0.25, 0.3) is 0 Å². The second kappa shape index (κ2) is 14.5. The highest BCUT2D eigenvalue weighted by molar-refractivity contribution is 6.31. The van der Waals surface area contributed by atoms with Gasteiger partial charge in [-0.25, -0.2) is 9.18 Å². The van der Waals surface area contributed by atoms with Crippen LogP contribution in [0.5, 0.6) is 5.75 Å². The number of rotatable bonds is 11. The Morgan fingerprint density at radius 2 is 1.83 bits per heavy atom. The van der Waals surface area contributed by atoms with Crippen LogP contribution < -0.4 is 10.1 Å². The number of anilines is 1. The molecule has 4 aromatic carbocycles. The Labute approximate surface area is 306 Å². The van der Waals surface area contributed by atoms with Crippen LogP contribution in [0.4, 0.5) is 15.8 Å². The zero-order valence-corrected chi connectivity index (χ0v) is 29.1. The average molecular weight is 754 g/mol. The predicted molar refractivity (Wildman–Crippen MR) is 188 cm³/mol. The maximum atomic E-state index is 16.2. The molecule has 52 heavy (non-hydrogen) atoms. The van der Waals surface area contributed by atoms with Crippen molar-refractivity contribution < 1.29 is 38.4 Å². The molecule has 6 rings (SSSR count). The van der Waals surface area contributed by atoms with Crippen LogP contribution in [0.3, 0.4) is 0 Å². The lowest BCUT2D eigenvalue weighted by Crippen LogP contribution is -2.51. The summed E-state index contributed by atoms with van der Waals surface area (Å²) in [6.07, 6.45) is -2.28. The van der Waals surface area contributed by atoms with E-state index in [1.807, 2.05) is 0 Å². The topological polar surface area (TPSA) is 174 Å². The molecule has 0 saturated carbocycles. The second-order valence-corrected chi connectivity index (χ2v) is 13.2. The van der Waals surface area contributed by atoms with Crippen molar-refractivity contribution >= 4 is 46.5 Å². The van der Waals surface area contributed by atoms with E-state index in [1.54, 1.807) is 42.2 Å². The van der Waals surface area contributed by atoms with Gasteiger partial charge in [-0.15, -0.1) is 0 Å². The van der Waals surface area contributed by atoms with Crippen molar-refractivity contribution in [1.82, 2.24) is 4.90 Å². The van der Waals surface area contributed by atoms with Gasteiger partial charge in [0, 0.05) is 39.4 Å². The van der Waals surface area contributed by atoms with Crippen LogP contribution in [0, 0.1) is 26.0 Å². The molecule has 5 atom stereocenters. The fourth-order valence-electron chi connectivity index (χ4n) is 7.60. The molecule has 270 valence electrons. The number of nitro benzene ring substituents is 1. The van der Waals surface area contributed by atoms with Crippen molar-refractivity contribution in [3.05, 3.63) is 143 Å². The zero-order chi connectivity index (χ0) is 37.5. The minimum absolute atomic E-state index is 0.153. The van der Waals surface area contributed by atoms with E-state index in [4.69, 9.17) is 27.9 Å². The summed E-state index contributed by atoms with van der Waals surface area (Å²) in [5.74, 6) is -3.60. The average Bonchev–Trinajstić information content (AvgIpc) is 3.55. The van der Waals surface area contributed by atoms with E-state index in [0.717, 1.165) is 13.2 Å². The molecule has 2 aliphatic rings. The van der Waals surface area contributed by atoms with Crippen molar-refractivity contribution in [2.45, 2.75) is 49.5 Å². The molecule has 0 aromatic heterocycles. The van der Waals surface area contributed by atoms with Crippen molar-refractivity contribution in [1.29, 1.82) is 0 Å². The molecule has 0 aliphatic carbocycles. The first-order valence-corrected chi connectivity index (χ1v) is 16.8. The predicted octanol–water partition coefficient (Wildman–Crippen LogP) is 6.81. The van der Waals surface area contributed by atoms with Crippen LogP contribution >= 0.6 is 23.2 Å². The first-order chi connectivity index (χ1) is 24.8. The number of benzene rings is 4. The molecular formula is C36H31Cl2FN4O9. The lowest BCUT2D eigenvalue weighted by atomic mass is 9.73. The van der Waals surface area contributed by atoms with Crippen LogP contribution in [0.15, 0.2) is 78.9 Å². The van der Waals surface area contributed by atoms with Crippen molar-refractivity contribution in [2.75, 3.05) is 19.0 Å². The van der Waals surface area contributed by atoms with Gasteiger partial charge in [-0.2, -0.15) is 0 Å². The summed E-state index contributed by atoms with van der Waals surface area (Å²) in [4.78, 5) is 52.6. The monoisotopic (exact) mass is 752 g/mol. The van der Waals surface area contributed by atoms with Gasteiger partial charge in [0.1, 0.15) is 17.1 Å². The number of likely N-dealkylation sites (tertiary alicyclic amines) is 1. The molecule has 1 saturated heterocycles. The molecule has 1 spiro atoms. The van der Waals surface area contributed by atoms with Gasteiger partial charge in [-0.1, -0.05) is 53.5 Å². The van der Waals surface area contributed by atoms with Crippen molar-refractivity contribution in [3.63, 3.8) is 0 Å². The van der Waals surface area contributed by atoms with Crippen LogP contribution in [0.2, 0.25) is 10.0 Å². The van der Waals surface area contributed by atoms with Gasteiger partial charge in [-0.05, 0) is 61.4 Å². The summed E-state index contributed by atoms with van der Waals surface area (Å²) >= 11 is 12.6. The largest absolute Gasteiger partial charge is 0.494 e. The lowest BCUT2D eigenvalue weighted by Gasteiger charge is -2.39. The molecule has 2 heterocycles. The number of hydrogen-bond donors (Lipinski definition) is 2. The quantitative estimate of drug-likeness (QED) is 0.0941. The highest BCUT2D eigenvalue weighted by atomic mass is 35.5. The Balaban J connectivity index is 1.61. The molecule has 1 amide bonds. The highest BCUT2D eigenvalue weighted by Crippen LogP contribution is 2.60. The maximum Gasteiger partial charge on any atom is 0.338 e. The third kappa shape index (κ3) is 6.21. The number of nitrogens with zero attached hydrogens (tertiary/aromatic N) is 3. The normalized spacial score (nSPS) is 21.4. The van der Waals surface area contributed by atoms with E-state index in [0.29, 0.717) is 17.9 Å². The first kappa shape index (κ1) is 36.6. The van der Waals surface area contributed by atoms with Gasteiger partial charge in [0.25, 0.3) is 11.6 Å². The fourth-order valence-corrected chi connectivity index (χ4v) is 7.96. The number of nitro groups is 2. The van der Waals surface area contributed by atoms with E-state index in [1.165, 1.54) is 42.5 Å². The van der Waals surface area contributed by atoms with Crippen LogP contribution in [0.1, 0.15) is 58.0 Å². The smallest absolute Gasteiger partial charge is 0.338 e. The molecule has 2 aliphatic heterocycles. The van der Waals surface area contributed by atoms with Crippen molar-refractivity contribution in [2.24, 2.45) is 0 Å². The Morgan fingerprint density at radius 3 is 2.52 bits per heavy atom. The summed E-state index contributed by atoms with van der Waals surface area (Å²) in [7, 11) is 1.10. The molecule has 13 nitrogen and oxygen atoms in total. The highest BCUT2D eigenvalue weighted by Gasteiger charge is 2.71. The van der Waals surface area contributed by atoms with E-state index in [9.17, 15) is 34.9 Å². The molecule has 1 unspecified atom stereocenters. The first-order valence-electron chi connectivity index (χ1n) is 16.1. The number of ether oxygens (including phenoxy) is 2. The van der Waals surface area contributed by atoms with Gasteiger partial charge < -0.3 is 19.9 Å². The SMILES string of the molecule is CCOc1cccc(CN2[C@@H](CC(O)c3ccc(C(=O)OC)cc3[N+](=O)[O-])[C@@H]([N+](=O)[O-])[C@H](c3cccc(Cl)c3F)[C@]23C(=O)Nc2cc(Cl)ccc23)c1. The number of carbonyl (C=O) groups excluding carboxylic acids is 2. The molecule has 16 heteroatoms. The number of esters is 1. The molecule has 1 fully saturated rings. The number of aliphatic hydroxyl groups is 1. The Bertz CT molecular complexity index is 2100. The van der Waals surface area contributed by atoms with E-state index in [2.05, 4.69) is 10.1 Å². The van der Waals surface area contributed by atoms with Gasteiger partial charge in [0.2, 0.25) is 6.04 Å². The maximum absolute atomic E-state index is 16.2. The summed E-state index contributed by atoms with van der Waals surface area (Å²) in [6, 6.07) is 15.6. The third-order valence-electron chi connectivity index (χ3n) is 9.62. The fraction of sp³-hybridized carbons (Fsp3) is 0.278. The minimum Gasteiger partial charge on any atom is -0.494 e. The zero-order valence-electron chi connectivity index (χ0n) is 27.6. The van der Waals surface area contributed by atoms with Crippen LogP contribution in [-0.2, 0) is 21.6 Å². The number of carbonyl (C=O) groups is 2.